The van der Waals surface area contributed by atoms with E-state index in [2.05, 4.69) is 39.2 Å². The maximum Gasteiger partial charge on any atom is 0.332 e. The molecule has 1 saturated heterocycles. The Balaban J connectivity index is 1.30. The van der Waals surface area contributed by atoms with Crippen molar-refractivity contribution in [2.75, 3.05) is 23.3 Å². The van der Waals surface area contributed by atoms with Gasteiger partial charge < -0.3 is 19.3 Å². The predicted octanol–water partition coefficient (Wildman–Crippen LogP) is 2.15. The van der Waals surface area contributed by atoms with Gasteiger partial charge in [-0.25, -0.2) is 14.8 Å². The van der Waals surface area contributed by atoms with Crippen LogP contribution < -0.4 is 21.5 Å². The molecule has 0 bridgehead atoms. The Hall–Kier alpha value is -4.22. The molecule has 0 unspecified atom stereocenters. The molecule has 1 aliphatic rings. The van der Waals surface area contributed by atoms with Gasteiger partial charge in [0, 0.05) is 26.2 Å². The van der Waals surface area contributed by atoms with Crippen LogP contribution in [0.4, 0.5) is 11.5 Å². The van der Waals surface area contributed by atoms with Gasteiger partial charge in [-0.3, -0.25) is 18.7 Å². The number of hydrogen-bond acceptors (Lipinski definition) is 8. The highest BCUT2D eigenvalue weighted by Crippen LogP contribution is 2.27. The molecule has 0 spiro atoms. The van der Waals surface area contributed by atoms with E-state index in [1.165, 1.54) is 35.4 Å². The van der Waals surface area contributed by atoms with Crippen molar-refractivity contribution in [3.63, 3.8) is 0 Å². The zero-order valence-corrected chi connectivity index (χ0v) is 22.0. The van der Waals surface area contributed by atoms with Gasteiger partial charge in [0.2, 0.25) is 5.91 Å². The number of nitrogens with one attached hydrogen (secondary N) is 1. The van der Waals surface area contributed by atoms with Gasteiger partial charge in [-0.15, -0.1) is 0 Å². The third-order valence-electron chi connectivity index (χ3n) is 7.28. The molecule has 5 heterocycles. The standard InChI is InChI=1S/C26H32N8O4/c1-16(2)18-7-9-32(10-8-18)20-5-6-21(27-12-20)29-22(35)14-33-15-28-24-23(33)25(36)34(26(37)31(24)4)13-19-11-17(3)38-30-19/h5-6,11-12,15-16,18H,7-10,13-14H2,1-4H3,(H,27,29,35). The van der Waals surface area contributed by atoms with E-state index >= 15 is 0 Å². The van der Waals surface area contributed by atoms with E-state index in [1.54, 1.807) is 25.3 Å². The van der Waals surface area contributed by atoms with Crippen molar-refractivity contribution in [3.8, 4) is 0 Å². The van der Waals surface area contributed by atoms with Crippen LogP contribution in [0.5, 0.6) is 0 Å². The first kappa shape index (κ1) is 25.4. The maximum absolute atomic E-state index is 13.3. The molecule has 1 fully saturated rings. The van der Waals surface area contributed by atoms with Gasteiger partial charge in [0.1, 0.15) is 23.8 Å². The molecule has 0 aromatic carbocycles. The average Bonchev–Trinajstić information content (AvgIpc) is 3.51. The average molecular weight is 521 g/mol. The lowest BCUT2D eigenvalue weighted by Gasteiger charge is -2.35. The van der Waals surface area contributed by atoms with Crippen LogP contribution in [-0.2, 0) is 24.9 Å². The van der Waals surface area contributed by atoms with Crippen molar-refractivity contribution in [1.82, 2.24) is 28.8 Å². The minimum absolute atomic E-state index is 0.0540. The molecular weight excluding hydrogens is 488 g/mol. The number of nitrogens with zero attached hydrogens (tertiary/aromatic N) is 7. The minimum Gasteiger partial charge on any atom is -0.370 e. The number of aromatic nitrogens is 6. The summed E-state index contributed by atoms with van der Waals surface area (Å²) < 4.78 is 8.82. The van der Waals surface area contributed by atoms with Crippen LogP contribution in [-0.4, -0.2) is 47.8 Å². The zero-order chi connectivity index (χ0) is 27.0. The van der Waals surface area contributed by atoms with Crippen molar-refractivity contribution in [1.29, 1.82) is 0 Å². The summed E-state index contributed by atoms with van der Waals surface area (Å²) in [6.45, 7) is 8.07. The SMILES string of the molecule is Cc1cc(Cn2c(=O)c3c(ncn3CC(=O)Nc3ccc(N4CCC(C(C)C)CC4)cn3)n(C)c2=O)no1. The van der Waals surface area contributed by atoms with Crippen LogP contribution >= 0.6 is 0 Å². The van der Waals surface area contributed by atoms with Crippen molar-refractivity contribution < 1.29 is 9.32 Å². The normalized spacial score (nSPS) is 14.5. The first-order chi connectivity index (χ1) is 18.2. The Morgan fingerprint density at radius 2 is 1.95 bits per heavy atom. The summed E-state index contributed by atoms with van der Waals surface area (Å²) in [6.07, 6.45) is 5.49. The van der Waals surface area contributed by atoms with Gasteiger partial charge >= 0.3 is 5.69 Å². The lowest BCUT2D eigenvalue weighted by Crippen LogP contribution is -2.40. The quantitative estimate of drug-likeness (QED) is 0.392. The summed E-state index contributed by atoms with van der Waals surface area (Å²) in [5.41, 5.74) is 0.742. The van der Waals surface area contributed by atoms with E-state index < -0.39 is 11.2 Å². The van der Waals surface area contributed by atoms with Crippen molar-refractivity contribution in [2.45, 2.75) is 46.7 Å². The summed E-state index contributed by atoms with van der Waals surface area (Å²) >= 11 is 0. The summed E-state index contributed by atoms with van der Waals surface area (Å²) in [7, 11) is 1.53. The molecule has 200 valence electrons. The second-order valence-electron chi connectivity index (χ2n) is 10.2. The first-order valence-corrected chi connectivity index (χ1v) is 12.8. The topological polar surface area (TPSA) is 133 Å². The summed E-state index contributed by atoms with van der Waals surface area (Å²) in [4.78, 5) is 49.9. The Labute approximate surface area is 218 Å². The monoisotopic (exact) mass is 520 g/mol. The third-order valence-corrected chi connectivity index (χ3v) is 7.28. The number of aryl methyl sites for hydroxylation is 2. The number of anilines is 2. The van der Waals surface area contributed by atoms with Gasteiger partial charge in [-0.2, -0.15) is 0 Å². The fourth-order valence-electron chi connectivity index (χ4n) is 5.04. The molecule has 0 radical (unpaired) electrons. The van der Waals surface area contributed by atoms with Crippen LogP contribution in [0.3, 0.4) is 0 Å². The minimum atomic E-state index is -0.558. The van der Waals surface area contributed by atoms with E-state index in [9.17, 15) is 14.4 Å². The molecule has 4 aromatic rings. The lowest BCUT2D eigenvalue weighted by molar-refractivity contribution is -0.116. The molecule has 0 aliphatic carbocycles. The van der Waals surface area contributed by atoms with Gasteiger partial charge in [-0.1, -0.05) is 19.0 Å². The van der Waals surface area contributed by atoms with Crippen molar-refractivity contribution in [2.24, 2.45) is 18.9 Å². The van der Waals surface area contributed by atoms with Crippen molar-refractivity contribution in [3.05, 3.63) is 63.0 Å². The summed E-state index contributed by atoms with van der Waals surface area (Å²) in [5.74, 6) is 2.09. The van der Waals surface area contributed by atoms with Crippen LogP contribution in [0.25, 0.3) is 11.2 Å². The number of fused-ring (bicyclic) bond motifs is 1. The van der Waals surface area contributed by atoms with Crippen molar-refractivity contribution >= 4 is 28.6 Å². The number of carbonyl (C=O) groups is 1. The molecule has 5 rings (SSSR count). The molecule has 4 aromatic heterocycles. The molecule has 0 saturated carbocycles. The molecule has 12 heteroatoms. The van der Waals surface area contributed by atoms with Gasteiger partial charge in [0.25, 0.3) is 5.56 Å². The Morgan fingerprint density at radius 3 is 2.58 bits per heavy atom. The van der Waals surface area contributed by atoms with Gasteiger partial charge in [-0.05, 0) is 43.7 Å². The Kier molecular flexibility index (Phi) is 6.87. The second kappa shape index (κ2) is 10.3. The number of pyridine rings is 1. The Bertz CT molecular complexity index is 1570. The summed E-state index contributed by atoms with van der Waals surface area (Å²) in [5, 5.41) is 6.66. The third kappa shape index (κ3) is 4.98. The molecule has 1 N–H and O–H groups in total. The molecule has 38 heavy (non-hydrogen) atoms. The second-order valence-corrected chi connectivity index (χ2v) is 10.2. The molecule has 1 amide bonds. The molecule has 1 aliphatic heterocycles. The number of piperidine rings is 1. The van der Waals surface area contributed by atoms with E-state index in [0.29, 0.717) is 23.2 Å². The number of amides is 1. The molecule has 12 nitrogen and oxygen atoms in total. The van der Waals surface area contributed by atoms with Crippen LogP contribution in [0, 0.1) is 18.8 Å². The summed E-state index contributed by atoms with van der Waals surface area (Å²) in [6, 6.07) is 5.40. The highest BCUT2D eigenvalue weighted by Gasteiger charge is 2.22. The van der Waals surface area contributed by atoms with Crippen LogP contribution in [0.1, 0.15) is 38.1 Å². The number of rotatable bonds is 7. The largest absolute Gasteiger partial charge is 0.370 e. The number of carbonyl (C=O) groups excluding carboxylic acids is 1. The van der Waals surface area contributed by atoms with Gasteiger partial charge in [0.15, 0.2) is 11.2 Å². The highest BCUT2D eigenvalue weighted by molar-refractivity contribution is 5.90. The smallest absolute Gasteiger partial charge is 0.332 e. The Morgan fingerprint density at radius 1 is 1.18 bits per heavy atom. The maximum atomic E-state index is 13.3. The van der Waals surface area contributed by atoms with E-state index in [-0.39, 0.29) is 30.2 Å². The lowest BCUT2D eigenvalue weighted by atomic mass is 9.86. The van der Waals surface area contributed by atoms with Crippen LogP contribution in [0.15, 0.2) is 44.8 Å². The highest BCUT2D eigenvalue weighted by atomic mass is 16.5. The van der Waals surface area contributed by atoms with Crippen LogP contribution in [0.2, 0.25) is 0 Å². The molecular formula is C26H32N8O4. The predicted molar refractivity (Wildman–Crippen MR) is 142 cm³/mol. The fourth-order valence-corrected chi connectivity index (χ4v) is 5.04. The number of hydrogen-bond donors (Lipinski definition) is 1. The molecule has 0 atom stereocenters. The zero-order valence-electron chi connectivity index (χ0n) is 22.0. The van der Waals surface area contributed by atoms with E-state index in [1.807, 2.05) is 6.07 Å². The van der Waals surface area contributed by atoms with Gasteiger partial charge in [0.05, 0.1) is 24.8 Å². The van der Waals surface area contributed by atoms with E-state index in [0.717, 1.165) is 29.3 Å². The first-order valence-electron chi connectivity index (χ1n) is 12.8. The van der Waals surface area contributed by atoms with E-state index in [4.69, 9.17) is 4.52 Å². The number of imidazole rings is 1. The fraction of sp³-hybridized carbons (Fsp3) is 0.462.